The molecule has 1 aromatic heterocycles. The second kappa shape index (κ2) is 6.03. The maximum absolute atomic E-state index is 13.8. The van der Waals surface area contributed by atoms with Crippen LogP contribution in [0.5, 0.6) is 0 Å². The van der Waals surface area contributed by atoms with Gasteiger partial charge in [-0.25, -0.2) is 9.37 Å². The lowest BCUT2D eigenvalue weighted by Gasteiger charge is -2.36. The number of nitrogen functional groups attached to an aromatic ring is 1. The van der Waals surface area contributed by atoms with Crippen molar-refractivity contribution in [3.05, 3.63) is 46.4 Å². The predicted octanol–water partition coefficient (Wildman–Crippen LogP) is 1.43. The largest absolute Gasteiger partial charge is 0.378 e. The summed E-state index contributed by atoms with van der Waals surface area (Å²) in [7, 11) is 0. The fraction of sp³-hybridized carbons (Fsp3) is 0.286. The predicted molar refractivity (Wildman–Crippen MR) is 83.9 cm³/mol. The molecule has 0 atom stereocenters. The van der Waals surface area contributed by atoms with Crippen molar-refractivity contribution in [2.45, 2.75) is 0 Å². The van der Waals surface area contributed by atoms with Crippen molar-refractivity contribution in [2.24, 2.45) is 0 Å². The zero-order valence-electron chi connectivity index (χ0n) is 12.2. The Bertz CT molecular complexity index is 733. The summed E-state index contributed by atoms with van der Waals surface area (Å²) in [5.74, 6) is -0.0606. The molecule has 1 aliphatic rings. The average molecular weight is 318 g/mol. The van der Waals surface area contributed by atoms with Crippen molar-refractivity contribution in [1.82, 2.24) is 9.97 Å². The van der Waals surface area contributed by atoms with Gasteiger partial charge < -0.3 is 15.5 Å². The molecule has 1 fully saturated rings. The maximum atomic E-state index is 13.8. The molecule has 9 heteroatoms. The van der Waals surface area contributed by atoms with Crippen LogP contribution in [0, 0.1) is 15.9 Å². The van der Waals surface area contributed by atoms with E-state index in [4.69, 9.17) is 5.73 Å². The number of hydrogen-bond donors (Lipinski definition) is 1. The van der Waals surface area contributed by atoms with Crippen LogP contribution in [0.4, 0.5) is 27.5 Å². The molecule has 0 aliphatic carbocycles. The van der Waals surface area contributed by atoms with Crippen LogP contribution < -0.4 is 15.5 Å². The first-order chi connectivity index (χ1) is 11.1. The highest BCUT2D eigenvalue weighted by Crippen LogP contribution is 2.23. The van der Waals surface area contributed by atoms with Crippen molar-refractivity contribution < 1.29 is 9.31 Å². The Morgan fingerprint density at radius 1 is 1.17 bits per heavy atom. The summed E-state index contributed by atoms with van der Waals surface area (Å²) in [6.45, 7) is 2.35. The molecule has 2 N–H and O–H groups in total. The Morgan fingerprint density at radius 2 is 1.83 bits per heavy atom. The van der Waals surface area contributed by atoms with Gasteiger partial charge in [0, 0.05) is 26.2 Å². The monoisotopic (exact) mass is 318 g/mol. The number of piperazine rings is 1. The number of para-hydroxylation sites is 1. The lowest BCUT2D eigenvalue weighted by Crippen LogP contribution is -2.47. The summed E-state index contributed by atoms with van der Waals surface area (Å²) in [6, 6.07) is 6.63. The first-order valence-electron chi connectivity index (χ1n) is 7.07. The van der Waals surface area contributed by atoms with E-state index in [1.54, 1.807) is 18.2 Å². The molecule has 0 amide bonds. The van der Waals surface area contributed by atoms with E-state index in [9.17, 15) is 14.5 Å². The zero-order valence-corrected chi connectivity index (χ0v) is 12.2. The number of anilines is 3. The molecule has 1 saturated heterocycles. The van der Waals surface area contributed by atoms with E-state index in [2.05, 4.69) is 9.97 Å². The molecule has 0 saturated carbocycles. The van der Waals surface area contributed by atoms with E-state index < -0.39 is 4.92 Å². The number of nitro groups is 1. The highest BCUT2D eigenvalue weighted by molar-refractivity contribution is 5.55. The first-order valence-corrected chi connectivity index (χ1v) is 7.07. The number of hydrogen-bond acceptors (Lipinski definition) is 7. The van der Waals surface area contributed by atoms with E-state index in [0.717, 1.165) is 6.20 Å². The minimum Gasteiger partial charge on any atom is -0.378 e. The van der Waals surface area contributed by atoms with Gasteiger partial charge in [0.2, 0.25) is 11.8 Å². The normalized spacial score (nSPS) is 14.8. The number of rotatable bonds is 3. The number of nitrogens with zero attached hydrogens (tertiary/aromatic N) is 5. The van der Waals surface area contributed by atoms with Crippen LogP contribution in [0.2, 0.25) is 0 Å². The molecule has 8 nitrogen and oxygen atoms in total. The standard InChI is InChI=1S/C14H15FN6O2/c15-10-3-1-2-4-11(10)19-5-7-20(8-6-19)14-17-9-12(21(22)23)13(16)18-14/h1-4,9H,5-8H2,(H2,16,17,18). The van der Waals surface area contributed by atoms with Gasteiger partial charge >= 0.3 is 5.69 Å². The molecular formula is C14H15FN6O2. The fourth-order valence-corrected chi connectivity index (χ4v) is 2.53. The number of halogens is 1. The molecule has 2 aromatic rings. The summed E-state index contributed by atoms with van der Waals surface area (Å²) >= 11 is 0. The molecule has 0 radical (unpaired) electrons. The van der Waals surface area contributed by atoms with Crippen LogP contribution in [0.15, 0.2) is 30.5 Å². The molecule has 0 spiro atoms. The Morgan fingerprint density at radius 3 is 2.43 bits per heavy atom. The summed E-state index contributed by atoms with van der Waals surface area (Å²) in [6.07, 6.45) is 1.11. The van der Waals surface area contributed by atoms with Gasteiger partial charge in [-0.15, -0.1) is 0 Å². The molecule has 120 valence electrons. The summed E-state index contributed by atoms with van der Waals surface area (Å²) < 4.78 is 13.8. The topological polar surface area (TPSA) is 101 Å². The molecule has 3 rings (SSSR count). The van der Waals surface area contributed by atoms with Crippen LogP contribution in [-0.2, 0) is 0 Å². The average Bonchev–Trinajstić information content (AvgIpc) is 2.55. The second-order valence-electron chi connectivity index (χ2n) is 5.12. The molecule has 1 aliphatic heterocycles. The van der Waals surface area contributed by atoms with Gasteiger partial charge in [-0.05, 0) is 12.1 Å². The molecule has 1 aromatic carbocycles. The van der Waals surface area contributed by atoms with Crippen molar-refractivity contribution in [3.63, 3.8) is 0 Å². The highest BCUT2D eigenvalue weighted by atomic mass is 19.1. The van der Waals surface area contributed by atoms with Gasteiger partial charge in [0.05, 0.1) is 10.6 Å². The number of benzene rings is 1. The summed E-state index contributed by atoms with van der Waals surface area (Å²) in [5.41, 5.74) is 5.85. The maximum Gasteiger partial charge on any atom is 0.329 e. The molecule has 0 bridgehead atoms. The zero-order chi connectivity index (χ0) is 16.4. The smallest absolute Gasteiger partial charge is 0.329 e. The van der Waals surface area contributed by atoms with Gasteiger partial charge in [0.1, 0.15) is 12.0 Å². The van der Waals surface area contributed by atoms with E-state index in [1.165, 1.54) is 6.07 Å². The van der Waals surface area contributed by atoms with Gasteiger partial charge in [0.15, 0.2) is 0 Å². The minimum absolute atomic E-state index is 0.156. The number of nitrogens with two attached hydrogens (primary N) is 1. The lowest BCUT2D eigenvalue weighted by molar-refractivity contribution is -0.384. The molecule has 2 heterocycles. The Kier molecular flexibility index (Phi) is 3.92. The molecule has 23 heavy (non-hydrogen) atoms. The molecule has 0 unspecified atom stereocenters. The van der Waals surface area contributed by atoms with E-state index in [0.29, 0.717) is 37.8 Å². The van der Waals surface area contributed by atoms with Crippen LogP contribution >= 0.6 is 0 Å². The summed E-state index contributed by atoms with van der Waals surface area (Å²) in [4.78, 5) is 21.9. The second-order valence-corrected chi connectivity index (χ2v) is 5.12. The van der Waals surface area contributed by atoms with Gasteiger partial charge in [-0.1, -0.05) is 12.1 Å². The Labute approximate surface area is 131 Å². The van der Waals surface area contributed by atoms with Crippen LogP contribution in [-0.4, -0.2) is 41.1 Å². The van der Waals surface area contributed by atoms with E-state index in [-0.39, 0.29) is 17.3 Å². The minimum atomic E-state index is -0.616. The number of aromatic nitrogens is 2. The van der Waals surface area contributed by atoms with Crippen molar-refractivity contribution in [1.29, 1.82) is 0 Å². The van der Waals surface area contributed by atoms with Gasteiger partial charge in [-0.3, -0.25) is 10.1 Å². The van der Waals surface area contributed by atoms with Crippen molar-refractivity contribution >= 4 is 23.1 Å². The third-order valence-corrected chi connectivity index (χ3v) is 3.74. The first kappa shape index (κ1) is 14.9. The van der Waals surface area contributed by atoms with Crippen molar-refractivity contribution in [2.75, 3.05) is 41.7 Å². The highest BCUT2D eigenvalue weighted by Gasteiger charge is 2.23. The third kappa shape index (κ3) is 2.98. The van der Waals surface area contributed by atoms with E-state index in [1.807, 2.05) is 9.80 Å². The van der Waals surface area contributed by atoms with Crippen LogP contribution in [0.1, 0.15) is 0 Å². The third-order valence-electron chi connectivity index (χ3n) is 3.74. The van der Waals surface area contributed by atoms with E-state index >= 15 is 0 Å². The van der Waals surface area contributed by atoms with Crippen LogP contribution in [0.25, 0.3) is 0 Å². The van der Waals surface area contributed by atoms with Gasteiger partial charge in [0.25, 0.3) is 0 Å². The van der Waals surface area contributed by atoms with Crippen molar-refractivity contribution in [3.8, 4) is 0 Å². The fourth-order valence-electron chi connectivity index (χ4n) is 2.53. The Hall–Kier alpha value is -2.97. The summed E-state index contributed by atoms with van der Waals surface area (Å²) in [5, 5.41) is 10.7. The van der Waals surface area contributed by atoms with Crippen LogP contribution in [0.3, 0.4) is 0 Å². The van der Waals surface area contributed by atoms with Gasteiger partial charge in [-0.2, -0.15) is 4.98 Å². The quantitative estimate of drug-likeness (QED) is 0.674. The lowest BCUT2D eigenvalue weighted by atomic mass is 10.2. The molecular weight excluding hydrogens is 303 g/mol. The Balaban J connectivity index is 1.71. The SMILES string of the molecule is Nc1nc(N2CCN(c3ccccc3F)CC2)ncc1[N+](=O)[O-].